The average molecular weight is 143 g/mol. The van der Waals surface area contributed by atoms with E-state index in [9.17, 15) is 0 Å². The summed E-state index contributed by atoms with van der Waals surface area (Å²) >= 11 is 0. The minimum Gasteiger partial charge on any atom is -0.445 e. The van der Waals surface area contributed by atoms with Crippen molar-refractivity contribution in [3.8, 4) is 0 Å². The van der Waals surface area contributed by atoms with E-state index in [1.54, 1.807) is 0 Å². The number of likely N-dealkylation sites (tertiary alicyclic amines) is 1. The van der Waals surface area contributed by atoms with Gasteiger partial charge in [0.2, 0.25) is 0 Å². The van der Waals surface area contributed by atoms with E-state index in [1.165, 1.54) is 24.3 Å². The van der Waals surface area contributed by atoms with Crippen LogP contribution in [0.3, 0.4) is 0 Å². The van der Waals surface area contributed by atoms with Crippen LogP contribution >= 0.6 is 0 Å². The maximum atomic E-state index is 7.21. The molecule has 10 heavy (non-hydrogen) atoms. The molecule has 0 bridgehead atoms. The molecule has 2 nitrogen and oxygen atoms in total. The highest BCUT2D eigenvalue weighted by molar-refractivity contribution is 4.62. The van der Waals surface area contributed by atoms with Crippen molar-refractivity contribution in [2.75, 3.05) is 19.7 Å². The van der Waals surface area contributed by atoms with E-state index in [2.05, 4.69) is 6.58 Å². The van der Waals surface area contributed by atoms with Crippen LogP contribution < -0.4 is 4.90 Å². The Kier molecular flexibility index (Phi) is 2.90. The largest absolute Gasteiger partial charge is 0.445 e. The molecule has 0 spiro atoms. The SMILES string of the molecule is C=C[NH+]1CCCC(C[OH2+])C1. The van der Waals surface area contributed by atoms with Crippen LogP contribution in [-0.4, -0.2) is 24.8 Å². The quantitative estimate of drug-likeness (QED) is 0.488. The molecule has 1 rings (SSSR count). The summed E-state index contributed by atoms with van der Waals surface area (Å²) in [5.74, 6) is 0.627. The van der Waals surface area contributed by atoms with E-state index in [0.29, 0.717) is 12.5 Å². The highest BCUT2D eigenvalue weighted by Gasteiger charge is 2.21. The molecule has 1 fully saturated rings. The first kappa shape index (κ1) is 7.76. The lowest BCUT2D eigenvalue weighted by Gasteiger charge is -2.24. The molecule has 2 heteroatoms. The first-order valence-corrected chi connectivity index (χ1v) is 3.98. The second kappa shape index (κ2) is 3.74. The van der Waals surface area contributed by atoms with Gasteiger partial charge in [-0.2, -0.15) is 0 Å². The van der Waals surface area contributed by atoms with Crippen LogP contribution in [0.25, 0.3) is 0 Å². The number of hydrogen-bond acceptors (Lipinski definition) is 0. The highest BCUT2D eigenvalue weighted by Crippen LogP contribution is 2.05. The van der Waals surface area contributed by atoms with Crippen LogP contribution in [0.2, 0.25) is 0 Å². The molecule has 1 saturated heterocycles. The van der Waals surface area contributed by atoms with E-state index in [-0.39, 0.29) is 0 Å². The van der Waals surface area contributed by atoms with Crippen LogP contribution in [0.5, 0.6) is 0 Å². The summed E-state index contributed by atoms with van der Waals surface area (Å²) < 4.78 is 0. The van der Waals surface area contributed by atoms with Gasteiger partial charge in [-0.05, 0) is 19.4 Å². The van der Waals surface area contributed by atoms with Gasteiger partial charge in [0.25, 0.3) is 0 Å². The summed E-state index contributed by atoms with van der Waals surface area (Å²) in [4.78, 5) is 1.46. The smallest absolute Gasteiger partial charge is 0.152 e. The maximum absolute atomic E-state index is 7.21. The van der Waals surface area contributed by atoms with Gasteiger partial charge >= 0.3 is 0 Å². The van der Waals surface area contributed by atoms with Crippen LogP contribution in [-0.2, 0) is 0 Å². The van der Waals surface area contributed by atoms with Crippen LogP contribution in [0.1, 0.15) is 12.8 Å². The molecule has 0 saturated carbocycles. The van der Waals surface area contributed by atoms with E-state index >= 15 is 0 Å². The van der Waals surface area contributed by atoms with Gasteiger partial charge in [-0.25, -0.2) is 0 Å². The fourth-order valence-corrected chi connectivity index (χ4v) is 1.55. The third-order valence-electron chi connectivity index (χ3n) is 2.24. The number of hydrogen-bond donors (Lipinski definition) is 1. The van der Waals surface area contributed by atoms with Crippen molar-refractivity contribution in [3.63, 3.8) is 0 Å². The Morgan fingerprint density at radius 1 is 1.70 bits per heavy atom. The predicted octanol–water partition coefficient (Wildman–Crippen LogP) is -0.851. The lowest BCUT2D eigenvalue weighted by molar-refractivity contribution is -0.856. The standard InChI is InChI=1S/C8H15NO/c1-2-9-5-3-4-8(6-9)7-10/h2,8,10H,1,3-7H2/p+2. The molecule has 2 atom stereocenters. The number of rotatable bonds is 2. The van der Waals surface area contributed by atoms with Gasteiger partial charge in [-0.1, -0.05) is 0 Å². The van der Waals surface area contributed by atoms with Crippen LogP contribution in [0.15, 0.2) is 12.8 Å². The summed E-state index contributed by atoms with van der Waals surface area (Å²) in [6.45, 7) is 6.70. The number of quaternary nitrogens is 1. The van der Waals surface area contributed by atoms with E-state index in [4.69, 9.17) is 5.11 Å². The number of nitrogens with one attached hydrogen (secondary N) is 1. The maximum Gasteiger partial charge on any atom is 0.152 e. The number of piperidine rings is 1. The molecule has 1 aliphatic heterocycles. The fourth-order valence-electron chi connectivity index (χ4n) is 1.55. The Bertz CT molecular complexity index is 114. The van der Waals surface area contributed by atoms with Gasteiger partial charge in [0.05, 0.1) is 25.2 Å². The Hall–Kier alpha value is -0.340. The minimum atomic E-state index is 0.595. The zero-order valence-corrected chi connectivity index (χ0v) is 6.40. The van der Waals surface area contributed by atoms with E-state index in [1.807, 2.05) is 6.20 Å². The zero-order valence-electron chi connectivity index (χ0n) is 6.40. The monoisotopic (exact) mass is 143 g/mol. The molecular formula is C8H17NO+2. The predicted molar refractivity (Wildman–Crippen MR) is 42.1 cm³/mol. The minimum absolute atomic E-state index is 0.595. The molecule has 1 aliphatic rings. The van der Waals surface area contributed by atoms with Crippen molar-refractivity contribution in [3.05, 3.63) is 12.8 Å². The summed E-state index contributed by atoms with van der Waals surface area (Å²) in [6.07, 6.45) is 4.49. The van der Waals surface area contributed by atoms with Crippen molar-refractivity contribution in [1.82, 2.24) is 0 Å². The Balaban J connectivity index is 2.31. The van der Waals surface area contributed by atoms with E-state index in [0.717, 1.165) is 6.54 Å². The Labute approximate surface area is 62.2 Å². The van der Waals surface area contributed by atoms with Crippen molar-refractivity contribution >= 4 is 0 Å². The lowest BCUT2D eigenvalue weighted by atomic mass is 10.00. The molecule has 0 radical (unpaired) electrons. The van der Waals surface area contributed by atoms with Crippen LogP contribution in [0.4, 0.5) is 0 Å². The molecule has 1 heterocycles. The molecule has 3 N–H and O–H groups in total. The summed E-state index contributed by atoms with van der Waals surface area (Å²) in [5, 5.41) is 7.21. The van der Waals surface area contributed by atoms with Gasteiger partial charge in [-0.3, -0.25) is 0 Å². The average Bonchev–Trinajstić information content (AvgIpc) is 2.05. The first-order valence-electron chi connectivity index (χ1n) is 3.98. The fraction of sp³-hybridized carbons (Fsp3) is 0.750. The van der Waals surface area contributed by atoms with E-state index < -0.39 is 0 Å². The molecule has 0 aromatic carbocycles. The topological polar surface area (TPSA) is 27.3 Å². The Morgan fingerprint density at radius 3 is 3.10 bits per heavy atom. The molecule has 58 valence electrons. The molecular weight excluding hydrogens is 126 g/mol. The Morgan fingerprint density at radius 2 is 2.50 bits per heavy atom. The summed E-state index contributed by atoms with van der Waals surface area (Å²) in [5.41, 5.74) is 0. The van der Waals surface area contributed by atoms with Gasteiger partial charge in [-0.15, -0.1) is 0 Å². The lowest BCUT2D eigenvalue weighted by Crippen LogP contribution is -3.09. The summed E-state index contributed by atoms with van der Waals surface area (Å²) in [7, 11) is 0. The molecule has 0 amide bonds. The molecule has 2 unspecified atom stereocenters. The van der Waals surface area contributed by atoms with Crippen molar-refractivity contribution in [2.45, 2.75) is 12.8 Å². The van der Waals surface area contributed by atoms with Crippen LogP contribution in [0, 0.1) is 5.92 Å². The highest BCUT2D eigenvalue weighted by atomic mass is 16.3. The molecule has 0 aliphatic carbocycles. The van der Waals surface area contributed by atoms with Crippen molar-refractivity contribution < 1.29 is 10.0 Å². The second-order valence-electron chi connectivity index (χ2n) is 3.03. The van der Waals surface area contributed by atoms with Crippen molar-refractivity contribution in [2.24, 2.45) is 5.92 Å². The second-order valence-corrected chi connectivity index (χ2v) is 3.03. The normalized spacial score (nSPS) is 33.7. The molecule has 0 aromatic rings. The van der Waals surface area contributed by atoms with Crippen molar-refractivity contribution in [1.29, 1.82) is 0 Å². The van der Waals surface area contributed by atoms with Gasteiger partial charge < -0.3 is 10.0 Å². The van der Waals surface area contributed by atoms with Gasteiger partial charge in [0.15, 0.2) is 6.61 Å². The van der Waals surface area contributed by atoms with Gasteiger partial charge in [0, 0.05) is 0 Å². The molecule has 0 aromatic heterocycles. The third-order valence-corrected chi connectivity index (χ3v) is 2.24. The van der Waals surface area contributed by atoms with Gasteiger partial charge in [0.1, 0.15) is 0 Å². The zero-order chi connectivity index (χ0) is 7.40. The third kappa shape index (κ3) is 1.82. The first-order chi connectivity index (χ1) is 4.86. The summed E-state index contributed by atoms with van der Waals surface area (Å²) in [6, 6.07) is 0.